The van der Waals surface area contributed by atoms with Crippen LogP contribution in [0.5, 0.6) is 0 Å². The molecule has 0 aromatic heterocycles. The standard InChI is InChI=1S/C15H21NO3S2/c1-12-6-7-14(5-4-10-17)11-15(12)21(18,19)16-9-8-13(2)20-3/h6-7,11,13,16-17H,8-10H2,1-3H3. The summed E-state index contributed by atoms with van der Waals surface area (Å²) in [4.78, 5) is 0.240. The van der Waals surface area contributed by atoms with E-state index in [9.17, 15) is 8.42 Å². The van der Waals surface area contributed by atoms with E-state index in [2.05, 4.69) is 23.5 Å². The largest absolute Gasteiger partial charge is 0.384 e. The zero-order chi connectivity index (χ0) is 15.9. The van der Waals surface area contributed by atoms with Gasteiger partial charge in [0.25, 0.3) is 0 Å². The van der Waals surface area contributed by atoms with Gasteiger partial charge in [-0.1, -0.05) is 24.8 Å². The quantitative estimate of drug-likeness (QED) is 0.781. The summed E-state index contributed by atoms with van der Waals surface area (Å²) in [6.07, 6.45) is 2.79. The van der Waals surface area contributed by atoms with Gasteiger partial charge in [-0.2, -0.15) is 11.8 Å². The maximum absolute atomic E-state index is 12.3. The molecule has 0 aliphatic rings. The second-order valence-corrected chi connectivity index (χ2v) is 7.68. The van der Waals surface area contributed by atoms with Crippen molar-refractivity contribution in [2.45, 2.75) is 30.4 Å². The average Bonchev–Trinajstić information content (AvgIpc) is 2.45. The van der Waals surface area contributed by atoms with Crippen molar-refractivity contribution in [1.82, 2.24) is 4.72 Å². The minimum atomic E-state index is -3.53. The number of hydrogen-bond donors (Lipinski definition) is 2. The number of rotatable bonds is 6. The molecular weight excluding hydrogens is 306 g/mol. The van der Waals surface area contributed by atoms with Crippen LogP contribution in [-0.4, -0.2) is 38.2 Å². The van der Waals surface area contributed by atoms with E-state index in [0.717, 1.165) is 6.42 Å². The fourth-order valence-electron chi connectivity index (χ4n) is 1.70. The van der Waals surface area contributed by atoms with E-state index in [1.807, 2.05) is 6.26 Å². The molecule has 6 heteroatoms. The maximum atomic E-state index is 12.3. The van der Waals surface area contributed by atoms with Gasteiger partial charge in [-0.3, -0.25) is 0 Å². The summed E-state index contributed by atoms with van der Waals surface area (Å²) in [6.45, 7) is 3.98. The van der Waals surface area contributed by atoms with E-state index in [4.69, 9.17) is 5.11 Å². The minimum Gasteiger partial charge on any atom is -0.384 e. The molecule has 2 N–H and O–H groups in total. The Morgan fingerprint density at radius 1 is 1.43 bits per heavy atom. The molecule has 0 aliphatic heterocycles. The van der Waals surface area contributed by atoms with Gasteiger partial charge >= 0.3 is 0 Å². The van der Waals surface area contributed by atoms with Crippen LogP contribution in [0.3, 0.4) is 0 Å². The van der Waals surface area contributed by atoms with Crippen molar-refractivity contribution < 1.29 is 13.5 Å². The lowest BCUT2D eigenvalue weighted by Gasteiger charge is -2.11. The smallest absolute Gasteiger partial charge is 0.240 e. The second-order valence-electron chi connectivity index (χ2n) is 4.67. The monoisotopic (exact) mass is 327 g/mol. The molecule has 4 nitrogen and oxygen atoms in total. The van der Waals surface area contributed by atoms with Gasteiger partial charge in [-0.25, -0.2) is 13.1 Å². The first-order valence-electron chi connectivity index (χ1n) is 6.63. The Balaban J connectivity index is 2.91. The predicted molar refractivity (Wildman–Crippen MR) is 87.9 cm³/mol. The van der Waals surface area contributed by atoms with Gasteiger partial charge in [-0.05, 0) is 37.3 Å². The van der Waals surface area contributed by atoms with Crippen molar-refractivity contribution in [1.29, 1.82) is 0 Å². The summed E-state index contributed by atoms with van der Waals surface area (Å²) in [6, 6.07) is 5.01. The van der Waals surface area contributed by atoms with Gasteiger partial charge in [0.15, 0.2) is 0 Å². The van der Waals surface area contributed by atoms with Crippen LogP contribution in [0.25, 0.3) is 0 Å². The number of hydrogen-bond acceptors (Lipinski definition) is 4. The third-order valence-corrected chi connectivity index (χ3v) is 5.68. The van der Waals surface area contributed by atoms with Gasteiger partial charge < -0.3 is 5.11 Å². The Hall–Kier alpha value is -1.00. The summed E-state index contributed by atoms with van der Waals surface area (Å²) in [7, 11) is -3.53. The van der Waals surface area contributed by atoms with E-state index in [0.29, 0.717) is 22.9 Å². The number of nitrogens with one attached hydrogen (secondary N) is 1. The normalized spacial score (nSPS) is 12.6. The van der Waals surface area contributed by atoms with Crippen molar-refractivity contribution in [2.75, 3.05) is 19.4 Å². The van der Waals surface area contributed by atoms with Crippen LogP contribution in [0.1, 0.15) is 24.5 Å². The molecule has 0 fully saturated rings. The summed E-state index contributed by atoms with van der Waals surface area (Å²) in [5.41, 5.74) is 1.25. The number of aliphatic hydroxyl groups is 1. The Morgan fingerprint density at radius 3 is 2.76 bits per heavy atom. The Kier molecular flexibility index (Phi) is 7.26. The maximum Gasteiger partial charge on any atom is 0.240 e. The van der Waals surface area contributed by atoms with Gasteiger partial charge in [0.2, 0.25) is 10.0 Å². The number of aryl methyl sites for hydroxylation is 1. The number of aliphatic hydroxyl groups excluding tert-OH is 1. The number of sulfonamides is 1. The molecule has 0 saturated heterocycles. The molecule has 116 valence electrons. The lowest BCUT2D eigenvalue weighted by molar-refractivity contribution is 0.350. The summed E-state index contributed by atoms with van der Waals surface area (Å²) >= 11 is 1.71. The van der Waals surface area contributed by atoms with Crippen molar-refractivity contribution in [3.8, 4) is 11.8 Å². The van der Waals surface area contributed by atoms with Crippen LogP contribution in [0, 0.1) is 18.8 Å². The molecule has 0 heterocycles. The molecule has 1 aromatic rings. The first-order chi connectivity index (χ1) is 9.90. The predicted octanol–water partition coefficient (Wildman–Crippen LogP) is 1.76. The van der Waals surface area contributed by atoms with Crippen LogP contribution in [0.2, 0.25) is 0 Å². The van der Waals surface area contributed by atoms with E-state index in [1.54, 1.807) is 36.9 Å². The molecule has 0 spiro atoms. The molecule has 1 aromatic carbocycles. The van der Waals surface area contributed by atoms with Gasteiger partial charge in [0.05, 0.1) is 4.90 Å². The highest BCUT2D eigenvalue weighted by atomic mass is 32.2. The lowest BCUT2D eigenvalue weighted by Crippen LogP contribution is -2.27. The molecule has 0 amide bonds. The van der Waals surface area contributed by atoms with E-state index in [-0.39, 0.29) is 11.5 Å². The molecule has 1 atom stereocenters. The first-order valence-corrected chi connectivity index (χ1v) is 9.40. The molecule has 1 unspecified atom stereocenters. The van der Waals surface area contributed by atoms with E-state index in [1.165, 1.54) is 0 Å². The fraction of sp³-hybridized carbons (Fsp3) is 0.467. The molecule has 0 aliphatic carbocycles. The van der Waals surface area contributed by atoms with Crippen molar-refractivity contribution in [3.63, 3.8) is 0 Å². The van der Waals surface area contributed by atoms with Gasteiger partial charge in [-0.15, -0.1) is 0 Å². The molecule has 0 bridgehead atoms. The van der Waals surface area contributed by atoms with Crippen molar-refractivity contribution in [3.05, 3.63) is 29.3 Å². The molecule has 21 heavy (non-hydrogen) atoms. The SMILES string of the molecule is CSC(C)CCNS(=O)(=O)c1cc(C#CCO)ccc1C. The highest BCUT2D eigenvalue weighted by Gasteiger charge is 2.17. The number of benzene rings is 1. The van der Waals surface area contributed by atoms with Crippen LogP contribution in [0.4, 0.5) is 0 Å². The van der Waals surface area contributed by atoms with Crippen LogP contribution >= 0.6 is 11.8 Å². The van der Waals surface area contributed by atoms with E-state index >= 15 is 0 Å². The third-order valence-electron chi connectivity index (χ3n) is 3.03. The minimum absolute atomic E-state index is 0.240. The van der Waals surface area contributed by atoms with Crippen LogP contribution < -0.4 is 4.72 Å². The summed E-state index contributed by atoms with van der Waals surface area (Å²) in [5, 5.41) is 9.11. The van der Waals surface area contributed by atoms with Crippen LogP contribution in [0.15, 0.2) is 23.1 Å². The van der Waals surface area contributed by atoms with Crippen LogP contribution in [-0.2, 0) is 10.0 Å². The molecule has 0 saturated carbocycles. The molecule has 1 rings (SSSR count). The molecule has 0 radical (unpaired) electrons. The van der Waals surface area contributed by atoms with Crippen molar-refractivity contribution in [2.24, 2.45) is 0 Å². The van der Waals surface area contributed by atoms with Gasteiger partial charge in [0, 0.05) is 17.4 Å². The highest BCUT2D eigenvalue weighted by Crippen LogP contribution is 2.17. The Bertz CT molecular complexity index is 630. The third kappa shape index (κ3) is 5.71. The summed E-state index contributed by atoms with van der Waals surface area (Å²) < 4.78 is 27.3. The fourth-order valence-corrected chi connectivity index (χ4v) is 3.37. The average molecular weight is 327 g/mol. The number of thioether (sulfide) groups is 1. The van der Waals surface area contributed by atoms with Gasteiger partial charge in [0.1, 0.15) is 6.61 Å². The zero-order valence-electron chi connectivity index (χ0n) is 12.5. The first kappa shape index (κ1) is 18.1. The second kappa shape index (κ2) is 8.44. The van der Waals surface area contributed by atoms with E-state index < -0.39 is 10.0 Å². The Labute approximate surface area is 131 Å². The lowest BCUT2D eigenvalue weighted by atomic mass is 10.1. The van der Waals surface area contributed by atoms with Crippen molar-refractivity contribution >= 4 is 21.8 Å². The topological polar surface area (TPSA) is 66.4 Å². The summed E-state index contributed by atoms with van der Waals surface area (Å²) in [5.74, 6) is 5.24. The highest BCUT2D eigenvalue weighted by molar-refractivity contribution is 7.99. The zero-order valence-corrected chi connectivity index (χ0v) is 14.1. The molecular formula is C15H21NO3S2. The Morgan fingerprint density at radius 2 is 2.14 bits per heavy atom.